The zero-order chi connectivity index (χ0) is 55.8. The Labute approximate surface area is 453 Å². The maximum absolute atomic E-state index is 14.1. The van der Waals surface area contributed by atoms with Gasteiger partial charge in [-0.1, -0.05) is 109 Å². The van der Waals surface area contributed by atoms with Crippen LogP contribution >= 0.6 is 0 Å². The molecule has 0 saturated carbocycles. The highest BCUT2D eigenvalue weighted by Gasteiger charge is 2.33. The Balaban J connectivity index is 0.999. The second-order valence-corrected chi connectivity index (χ2v) is 19.0. The normalized spacial score (nSPS) is 12.3. The molecule has 0 saturated heterocycles. The topological polar surface area (TPSA) is 92.1 Å². The van der Waals surface area contributed by atoms with Crippen molar-refractivity contribution in [2.24, 2.45) is 0 Å². The molecule has 4 aromatic heterocycles. The number of para-hydroxylation sites is 6. The largest absolute Gasteiger partial charge is 0.416 e. The van der Waals surface area contributed by atoms with Gasteiger partial charge in [0.2, 0.25) is 0 Å². The first-order chi connectivity index (χ1) is 39.0. The first-order valence-electron chi connectivity index (χ1n) is 25.1. The molecule has 0 spiro atoms. The van der Waals surface area contributed by atoms with Crippen molar-refractivity contribution >= 4 is 33.1 Å². The lowest BCUT2D eigenvalue weighted by molar-refractivity contribution is -0.138. The Hall–Kier alpha value is -10.2. The van der Waals surface area contributed by atoms with Crippen LogP contribution in [0.2, 0.25) is 0 Å². The lowest BCUT2D eigenvalue weighted by Crippen LogP contribution is -2.06. The molecule has 396 valence electrons. The SMILES string of the molecule is FC(F)(F)c1cccc(-c2nc3ccccc3n2-c2cccc(-c3nc(-c4cccc(-n5c(-c6cccc(C(F)(F)F)c6)nc6ccccc65)c4)nc(-c4cccc(-n5c(-c6cccc(C(F)(F)F)c6)nc6ccccc65)c4)n3)c2)c1. The summed E-state index contributed by atoms with van der Waals surface area (Å²) < 4.78 is 132. The van der Waals surface area contributed by atoms with Gasteiger partial charge in [-0.3, -0.25) is 13.7 Å². The number of benzene rings is 9. The number of fused-ring (bicyclic) bond motifs is 3. The predicted octanol–water partition coefficient (Wildman–Crippen LogP) is 16.9. The van der Waals surface area contributed by atoms with Crippen molar-refractivity contribution in [2.45, 2.75) is 18.5 Å². The third-order valence-corrected chi connectivity index (χ3v) is 13.7. The standard InChI is InChI=1S/C63H36F9N9/c64-61(65,66)43-19-7-16-40(31-43)58-73-49-25-1-4-28-52(49)79(58)46-22-10-13-37(34-46)55-76-56(38-14-11-23-47(35-38)80-53-29-5-2-26-50(53)74-59(80)41-17-8-20-44(32-41)62(67,68)69)78-57(77-55)39-15-12-24-48(36-39)81-54-30-6-3-27-51(54)75-60(81)42-18-9-21-45(33-42)63(70,71)72/h1-36H. The average Bonchev–Trinajstić information content (AvgIpc) is 4.26. The Morgan fingerprint density at radius 3 is 0.790 bits per heavy atom. The van der Waals surface area contributed by atoms with E-state index in [0.717, 1.165) is 36.4 Å². The third kappa shape index (κ3) is 9.39. The number of aromatic nitrogens is 9. The van der Waals surface area contributed by atoms with Crippen LogP contribution in [0, 0.1) is 0 Å². The van der Waals surface area contributed by atoms with Gasteiger partial charge in [0.25, 0.3) is 0 Å². The summed E-state index contributed by atoms with van der Waals surface area (Å²) in [6, 6.07) is 57.7. The van der Waals surface area contributed by atoms with Gasteiger partial charge < -0.3 is 0 Å². The van der Waals surface area contributed by atoms with Crippen molar-refractivity contribution in [3.05, 3.63) is 235 Å². The van der Waals surface area contributed by atoms with Crippen LogP contribution in [0.4, 0.5) is 39.5 Å². The maximum atomic E-state index is 14.1. The predicted molar refractivity (Wildman–Crippen MR) is 291 cm³/mol. The molecule has 0 aliphatic rings. The number of alkyl halides is 9. The van der Waals surface area contributed by atoms with E-state index < -0.39 is 35.2 Å². The molecule has 13 aromatic rings. The monoisotopic (exact) mass is 1090 g/mol. The Morgan fingerprint density at radius 1 is 0.247 bits per heavy atom. The highest BCUT2D eigenvalue weighted by Crippen LogP contribution is 2.40. The Kier molecular flexibility index (Phi) is 12.0. The van der Waals surface area contributed by atoms with Gasteiger partial charge in [0.1, 0.15) is 17.5 Å². The number of halogens is 9. The van der Waals surface area contributed by atoms with Crippen molar-refractivity contribution in [1.82, 2.24) is 43.6 Å². The van der Waals surface area contributed by atoms with E-state index in [4.69, 9.17) is 29.9 Å². The number of rotatable bonds is 9. The first kappa shape index (κ1) is 50.3. The molecule has 81 heavy (non-hydrogen) atoms. The van der Waals surface area contributed by atoms with Crippen molar-refractivity contribution in [1.29, 1.82) is 0 Å². The zero-order valence-electron chi connectivity index (χ0n) is 41.7. The fraction of sp³-hybridized carbons (Fsp3) is 0.0476. The Morgan fingerprint density at radius 2 is 0.506 bits per heavy atom. The molecule has 0 N–H and O–H groups in total. The van der Waals surface area contributed by atoms with E-state index >= 15 is 0 Å². The van der Waals surface area contributed by atoms with Gasteiger partial charge in [-0.15, -0.1) is 0 Å². The van der Waals surface area contributed by atoms with Gasteiger partial charge in [-0.05, 0) is 109 Å². The van der Waals surface area contributed by atoms with E-state index in [1.54, 1.807) is 159 Å². The zero-order valence-corrected chi connectivity index (χ0v) is 41.7. The highest BCUT2D eigenvalue weighted by atomic mass is 19.4. The molecular weight excluding hydrogens is 1050 g/mol. The number of hydrogen-bond donors (Lipinski definition) is 0. The molecule has 0 atom stereocenters. The smallest absolute Gasteiger partial charge is 0.292 e. The summed E-state index contributed by atoms with van der Waals surface area (Å²) in [7, 11) is 0. The van der Waals surface area contributed by atoms with Gasteiger partial charge in [-0.25, -0.2) is 29.9 Å². The highest BCUT2D eigenvalue weighted by molar-refractivity contribution is 5.87. The summed E-state index contributed by atoms with van der Waals surface area (Å²) in [6.45, 7) is 0. The van der Waals surface area contributed by atoms with Crippen LogP contribution in [-0.2, 0) is 18.5 Å². The van der Waals surface area contributed by atoms with Gasteiger partial charge in [-0.2, -0.15) is 39.5 Å². The molecule has 4 heterocycles. The lowest BCUT2D eigenvalue weighted by Gasteiger charge is -2.15. The van der Waals surface area contributed by atoms with Gasteiger partial charge in [0.15, 0.2) is 17.5 Å². The molecular formula is C63H36F9N9. The minimum atomic E-state index is -4.62. The molecule has 0 unspecified atom stereocenters. The van der Waals surface area contributed by atoms with Gasteiger partial charge >= 0.3 is 18.5 Å². The van der Waals surface area contributed by atoms with Crippen LogP contribution in [0.1, 0.15) is 16.7 Å². The summed E-state index contributed by atoms with van der Waals surface area (Å²) in [4.78, 5) is 29.7. The summed E-state index contributed by atoms with van der Waals surface area (Å²) in [5.41, 5.74) is 4.54. The van der Waals surface area contributed by atoms with E-state index in [2.05, 4.69) is 0 Å². The van der Waals surface area contributed by atoms with E-state index in [-0.39, 0.29) is 51.6 Å². The average molecular weight is 1090 g/mol. The van der Waals surface area contributed by atoms with Crippen molar-refractivity contribution in [2.75, 3.05) is 0 Å². The molecule has 0 aliphatic heterocycles. The van der Waals surface area contributed by atoms with E-state index in [1.807, 2.05) is 18.2 Å². The van der Waals surface area contributed by atoms with Crippen molar-refractivity contribution in [3.63, 3.8) is 0 Å². The fourth-order valence-electron chi connectivity index (χ4n) is 10.1. The van der Waals surface area contributed by atoms with Crippen molar-refractivity contribution in [3.8, 4) is 85.4 Å². The minimum Gasteiger partial charge on any atom is -0.292 e. The van der Waals surface area contributed by atoms with Crippen LogP contribution in [0.15, 0.2) is 218 Å². The molecule has 9 nitrogen and oxygen atoms in total. The third-order valence-electron chi connectivity index (χ3n) is 13.7. The number of hydrogen-bond acceptors (Lipinski definition) is 6. The van der Waals surface area contributed by atoms with Crippen LogP contribution < -0.4 is 0 Å². The molecule has 0 amide bonds. The van der Waals surface area contributed by atoms with E-state index in [9.17, 15) is 39.5 Å². The second kappa shape index (κ2) is 19.3. The fourth-order valence-corrected chi connectivity index (χ4v) is 10.1. The van der Waals surface area contributed by atoms with Gasteiger partial charge in [0.05, 0.1) is 49.8 Å². The second-order valence-electron chi connectivity index (χ2n) is 19.0. The van der Waals surface area contributed by atoms with Crippen LogP contribution in [-0.4, -0.2) is 43.6 Å². The minimum absolute atomic E-state index is 0.174. The first-order valence-corrected chi connectivity index (χ1v) is 25.1. The molecule has 13 rings (SSSR count). The number of nitrogens with zero attached hydrogens (tertiary/aromatic N) is 9. The van der Waals surface area contributed by atoms with Crippen LogP contribution in [0.3, 0.4) is 0 Å². The molecule has 0 bridgehead atoms. The Bertz CT molecular complexity index is 4120. The van der Waals surface area contributed by atoms with Crippen LogP contribution in [0.25, 0.3) is 118 Å². The van der Waals surface area contributed by atoms with Crippen molar-refractivity contribution < 1.29 is 39.5 Å². The van der Waals surface area contributed by atoms with E-state index in [0.29, 0.717) is 66.9 Å². The lowest BCUT2D eigenvalue weighted by atomic mass is 10.1. The molecule has 0 radical (unpaired) electrons. The molecule has 0 fully saturated rings. The molecule has 18 heteroatoms. The summed E-state index contributed by atoms with van der Waals surface area (Å²) >= 11 is 0. The van der Waals surface area contributed by atoms with Gasteiger partial charge in [0, 0.05) is 50.4 Å². The summed E-state index contributed by atoms with van der Waals surface area (Å²) in [6.07, 6.45) is -13.8. The summed E-state index contributed by atoms with van der Waals surface area (Å²) in [5, 5.41) is 0. The molecule has 9 aromatic carbocycles. The number of imidazole rings is 3. The maximum Gasteiger partial charge on any atom is 0.416 e. The van der Waals surface area contributed by atoms with E-state index in [1.165, 1.54) is 18.2 Å². The quantitative estimate of drug-likeness (QED) is 0.134. The summed E-state index contributed by atoms with van der Waals surface area (Å²) in [5.74, 6) is 1.27. The van der Waals surface area contributed by atoms with Crippen LogP contribution in [0.5, 0.6) is 0 Å². The molecule has 0 aliphatic carbocycles.